The van der Waals surface area contributed by atoms with Crippen molar-refractivity contribution >= 4 is 36.4 Å². The molecule has 0 amide bonds. The van der Waals surface area contributed by atoms with Gasteiger partial charge in [-0.2, -0.15) is 0 Å². The van der Waals surface area contributed by atoms with Crippen LogP contribution in [0.15, 0.2) is 0 Å². The minimum atomic E-state index is 0. The molecule has 0 N–H and O–H groups in total. The summed E-state index contributed by atoms with van der Waals surface area (Å²) in [6.07, 6.45) is 0. The summed E-state index contributed by atoms with van der Waals surface area (Å²) < 4.78 is 0. The van der Waals surface area contributed by atoms with Gasteiger partial charge in [0.2, 0.25) is 0 Å². The van der Waals surface area contributed by atoms with E-state index in [-0.39, 0.29) is 30.5 Å². The van der Waals surface area contributed by atoms with Gasteiger partial charge in [-0.25, -0.2) is 0 Å². The molecule has 1 aromatic carbocycles. The monoisotopic (exact) mass is 197 g/mol. The van der Waals surface area contributed by atoms with E-state index in [1.165, 1.54) is 27.8 Å². The Bertz CT molecular complexity index is 225. The third-order valence-corrected chi connectivity index (χ3v) is 3.06. The van der Waals surface area contributed by atoms with Gasteiger partial charge in [0, 0.05) is 0 Å². The Morgan fingerprint density at radius 2 is 0.857 bits per heavy atom. The molecular weight excluding hydrogens is 179 g/mol. The molecule has 71 valence electrons. The van der Waals surface area contributed by atoms with E-state index in [1.807, 2.05) is 0 Å². The molecule has 1 rings (SSSR count). The first-order valence-corrected chi connectivity index (χ1v) is 4.29. The average Bonchev–Trinajstić information content (AvgIpc) is 2.08. The van der Waals surface area contributed by atoms with Crippen LogP contribution >= 0.6 is 0 Å². The summed E-state index contributed by atoms with van der Waals surface area (Å²) in [5, 5.41) is 0. The third-order valence-electron chi connectivity index (χ3n) is 3.06. The topological polar surface area (TPSA) is 0 Å². The zero-order chi connectivity index (χ0) is 9.46. The molecule has 0 aliphatic heterocycles. The largest absolute Gasteiger partial charge is 2.00 e. The van der Waals surface area contributed by atoms with Gasteiger partial charge in [0.25, 0.3) is 0 Å². The summed E-state index contributed by atoms with van der Waals surface area (Å²) in [5.41, 5.74) is 7.45. The van der Waals surface area contributed by atoms with E-state index in [4.69, 9.17) is 7.85 Å². The molecule has 0 bridgehead atoms. The maximum absolute atomic E-state index is 5.95. The molecule has 0 spiro atoms. The van der Waals surface area contributed by atoms with Gasteiger partial charge in [-0.3, -0.25) is 0 Å². The molecule has 0 aliphatic rings. The van der Waals surface area contributed by atoms with Crippen LogP contribution in [0.4, 0.5) is 0 Å². The summed E-state index contributed by atoms with van der Waals surface area (Å²) in [4.78, 5) is 0. The van der Waals surface area contributed by atoms with Gasteiger partial charge < -0.3 is 20.7 Å². The Labute approximate surface area is 106 Å². The van der Waals surface area contributed by atoms with Gasteiger partial charge in [0.1, 0.15) is 0 Å². The fraction of sp³-hybridized carbons (Fsp3) is 0.417. The van der Waals surface area contributed by atoms with E-state index in [1.54, 1.807) is 0 Å². The molecule has 1 aromatic rings. The Morgan fingerprint density at radius 1 is 0.643 bits per heavy atom. The third kappa shape index (κ3) is 2.54. The zero-order valence-corrected chi connectivity index (χ0v) is 11.7. The normalized spacial score (nSPS) is 9.00. The van der Waals surface area contributed by atoms with Crippen LogP contribution in [0.1, 0.15) is 27.8 Å². The predicted molar refractivity (Wildman–Crippen MR) is 67.7 cm³/mol. The molecule has 14 heavy (non-hydrogen) atoms. The van der Waals surface area contributed by atoms with E-state index in [0.29, 0.717) is 0 Å². The average molecular weight is 197 g/mol. The summed E-state index contributed by atoms with van der Waals surface area (Å²) in [5.74, 6) is 0. The van der Waals surface area contributed by atoms with Crippen LogP contribution in [-0.2, 0) is 0 Å². The van der Waals surface area contributed by atoms with Gasteiger partial charge in [-0.05, 0) is 51.3 Å². The van der Waals surface area contributed by atoms with Crippen molar-refractivity contribution in [2.24, 2.45) is 0 Å². The quantitative estimate of drug-likeness (QED) is 0.441. The van der Waals surface area contributed by atoms with Crippen molar-refractivity contribution in [3.05, 3.63) is 35.2 Å². The molecule has 2 heteroatoms. The van der Waals surface area contributed by atoms with E-state index in [2.05, 4.69) is 34.6 Å². The number of hydrogen-bond acceptors (Lipinski definition) is 0. The summed E-state index contributed by atoms with van der Waals surface area (Å²) in [7, 11) is 5.95. The molecule has 0 heterocycles. The molecular formula is C12H18BMg. The second-order valence-electron chi connectivity index (χ2n) is 3.54. The minimum Gasteiger partial charge on any atom is -0.580 e. The van der Waals surface area contributed by atoms with Crippen LogP contribution in [0, 0.1) is 42.0 Å². The van der Waals surface area contributed by atoms with E-state index < -0.39 is 0 Å². The second kappa shape index (κ2) is 5.82. The van der Waals surface area contributed by atoms with Crippen molar-refractivity contribution in [3.63, 3.8) is 0 Å². The molecule has 0 saturated heterocycles. The maximum atomic E-state index is 5.95. The molecule has 0 aromatic heterocycles. The molecule has 0 unspecified atom stereocenters. The Morgan fingerprint density at radius 3 is 1.14 bits per heavy atom. The SMILES string of the molecule is [B-]c1c(C)c(C)c(C)c(C)c1C.[CH3-].[Mg+2]. The number of benzene rings is 1. The van der Waals surface area contributed by atoms with Crippen molar-refractivity contribution in [1.29, 1.82) is 0 Å². The van der Waals surface area contributed by atoms with Gasteiger partial charge in [-0.15, -0.1) is 0 Å². The zero-order valence-electron chi connectivity index (χ0n) is 10.3. The van der Waals surface area contributed by atoms with E-state index in [0.717, 1.165) is 5.46 Å². The van der Waals surface area contributed by atoms with Crippen molar-refractivity contribution in [1.82, 2.24) is 0 Å². The van der Waals surface area contributed by atoms with Crippen LogP contribution < -0.4 is 5.46 Å². The molecule has 0 atom stereocenters. The van der Waals surface area contributed by atoms with E-state index >= 15 is 0 Å². The Balaban J connectivity index is 0. The Hall–Kier alpha value is 0.0512. The van der Waals surface area contributed by atoms with E-state index in [9.17, 15) is 0 Å². The van der Waals surface area contributed by atoms with Crippen molar-refractivity contribution in [2.45, 2.75) is 34.6 Å². The van der Waals surface area contributed by atoms with Gasteiger partial charge in [0.15, 0.2) is 0 Å². The van der Waals surface area contributed by atoms with Crippen LogP contribution in [0.3, 0.4) is 0 Å². The standard InChI is InChI=1S/C11H15B.CH3.Mg/c1-6-7(2)9(4)11(12)10(5)8(6)3;;/h1-5H3;1H3;/q2*-1;+2. The predicted octanol–water partition coefficient (Wildman–Crippen LogP) is 2.09. The van der Waals surface area contributed by atoms with Gasteiger partial charge in [0.05, 0.1) is 0 Å². The fourth-order valence-electron chi connectivity index (χ4n) is 1.53. The fourth-order valence-corrected chi connectivity index (χ4v) is 1.53. The van der Waals surface area contributed by atoms with Gasteiger partial charge >= 0.3 is 23.1 Å². The van der Waals surface area contributed by atoms with Crippen molar-refractivity contribution in [2.75, 3.05) is 0 Å². The van der Waals surface area contributed by atoms with Crippen molar-refractivity contribution in [3.8, 4) is 0 Å². The minimum absolute atomic E-state index is 0. The summed E-state index contributed by atoms with van der Waals surface area (Å²) >= 11 is 0. The summed E-state index contributed by atoms with van der Waals surface area (Å²) in [6.45, 7) is 10.6. The molecule has 0 nitrogen and oxygen atoms in total. The van der Waals surface area contributed by atoms with Gasteiger partial charge in [-0.1, -0.05) is 11.1 Å². The smallest absolute Gasteiger partial charge is 0.580 e. The Kier molecular flexibility index (Phi) is 6.85. The van der Waals surface area contributed by atoms with Crippen LogP contribution in [-0.4, -0.2) is 30.9 Å². The first-order chi connectivity index (χ1) is 5.46. The van der Waals surface area contributed by atoms with Crippen molar-refractivity contribution < 1.29 is 0 Å². The van der Waals surface area contributed by atoms with Crippen LogP contribution in [0.5, 0.6) is 0 Å². The molecule has 0 aliphatic carbocycles. The second-order valence-corrected chi connectivity index (χ2v) is 3.54. The van der Waals surface area contributed by atoms with Crippen LogP contribution in [0.2, 0.25) is 0 Å². The first kappa shape index (κ1) is 16.5. The molecule has 0 saturated carbocycles. The maximum Gasteiger partial charge on any atom is 2.00 e. The molecule has 0 fully saturated rings. The first-order valence-electron chi connectivity index (χ1n) is 4.29. The summed E-state index contributed by atoms with van der Waals surface area (Å²) in [6, 6.07) is 0. The molecule has 3 radical (unpaired) electrons. The van der Waals surface area contributed by atoms with Crippen LogP contribution in [0.25, 0.3) is 0 Å². The number of hydrogen-bond donors (Lipinski definition) is 0. The number of rotatable bonds is 0.